The van der Waals surface area contributed by atoms with E-state index in [1.165, 1.54) is 7.11 Å². The van der Waals surface area contributed by atoms with Crippen LogP contribution in [0.4, 0.5) is 4.79 Å². The molecule has 1 aromatic carbocycles. The molecule has 1 atom stereocenters. The van der Waals surface area contributed by atoms with Gasteiger partial charge in [-0.1, -0.05) is 12.1 Å². The summed E-state index contributed by atoms with van der Waals surface area (Å²) in [4.78, 5) is 23.0. The Hall–Kier alpha value is -2.28. The minimum atomic E-state index is -1.13. The highest BCUT2D eigenvalue weighted by atomic mass is 16.7. The number of methoxy groups -OCH3 is 1. The Labute approximate surface area is 135 Å². The number of hydrogen-bond acceptors (Lipinski definition) is 5. The summed E-state index contributed by atoms with van der Waals surface area (Å²) in [6, 6.07) is 5.81. The van der Waals surface area contributed by atoms with Gasteiger partial charge in [0, 0.05) is 13.5 Å². The second kappa shape index (κ2) is 8.38. The highest BCUT2D eigenvalue weighted by Crippen LogP contribution is 2.14. The van der Waals surface area contributed by atoms with Crippen LogP contribution in [0.25, 0.3) is 0 Å². The molecular weight excluding hydrogens is 302 g/mol. The van der Waals surface area contributed by atoms with Crippen LogP contribution in [0.15, 0.2) is 24.3 Å². The minimum Gasteiger partial charge on any atom is -0.480 e. The van der Waals surface area contributed by atoms with Crippen molar-refractivity contribution in [3.63, 3.8) is 0 Å². The first kappa shape index (κ1) is 18.8. The van der Waals surface area contributed by atoms with E-state index in [2.05, 4.69) is 5.32 Å². The molecule has 23 heavy (non-hydrogen) atoms. The van der Waals surface area contributed by atoms with E-state index in [0.717, 1.165) is 5.56 Å². The number of rotatable bonds is 7. The van der Waals surface area contributed by atoms with E-state index in [0.29, 0.717) is 5.75 Å². The molecule has 128 valence electrons. The number of carbonyl (C=O) groups excluding carboxylic acids is 1. The number of alkyl carbamates (subject to hydrolysis) is 1. The van der Waals surface area contributed by atoms with Crippen LogP contribution in [-0.2, 0) is 20.7 Å². The zero-order valence-electron chi connectivity index (χ0n) is 13.8. The van der Waals surface area contributed by atoms with Crippen LogP contribution < -0.4 is 10.1 Å². The van der Waals surface area contributed by atoms with Crippen molar-refractivity contribution in [1.29, 1.82) is 0 Å². The van der Waals surface area contributed by atoms with Gasteiger partial charge in [0.25, 0.3) is 0 Å². The van der Waals surface area contributed by atoms with Crippen molar-refractivity contribution in [3.8, 4) is 5.75 Å². The van der Waals surface area contributed by atoms with E-state index in [-0.39, 0.29) is 13.2 Å². The van der Waals surface area contributed by atoms with Crippen molar-refractivity contribution in [3.05, 3.63) is 29.8 Å². The summed E-state index contributed by atoms with van der Waals surface area (Å²) in [6.45, 7) is 5.26. The number of carboxylic acid groups (broad SMARTS) is 1. The van der Waals surface area contributed by atoms with Gasteiger partial charge >= 0.3 is 12.1 Å². The summed E-state index contributed by atoms with van der Waals surface area (Å²) >= 11 is 0. The average molecular weight is 325 g/mol. The Bertz CT molecular complexity index is 520. The van der Waals surface area contributed by atoms with Gasteiger partial charge in [-0.25, -0.2) is 9.59 Å². The maximum Gasteiger partial charge on any atom is 0.408 e. The maximum atomic E-state index is 11.7. The molecule has 1 rings (SSSR count). The topological polar surface area (TPSA) is 94.1 Å². The molecule has 0 radical (unpaired) electrons. The smallest absolute Gasteiger partial charge is 0.408 e. The molecule has 0 aliphatic rings. The first-order valence-corrected chi connectivity index (χ1v) is 7.14. The Kier molecular flexibility index (Phi) is 6.84. The second-order valence-electron chi connectivity index (χ2n) is 5.94. The molecule has 7 nitrogen and oxygen atoms in total. The summed E-state index contributed by atoms with van der Waals surface area (Å²) < 4.78 is 15.1. The standard InChI is InChI=1S/C16H23NO6/c1-16(2,3)23-15(20)17-13(14(18)19)9-11-5-7-12(8-6-11)22-10-21-4/h5-8,13H,9-10H2,1-4H3,(H,17,20)(H,18,19)/t13-/m0/s1. The third-order valence-corrected chi connectivity index (χ3v) is 2.70. The number of amides is 1. The molecule has 0 aliphatic carbocycles. The molecule has 0 aliphatic heterocycles. The van der Waals surface area contributed by atoms with Crippen molar-refractivity contribution in [2.45, 2.75) is 38.8 Å². The second-order valence-corrected chi connectivity index (χ2v) is 5.94. The van der Waals surface area contributed by atoms with Crippen LogP contribution in [0.5, 0.6) is 5.75 Å². The number of hydrogen-bond donors (Lipinski definition) is 2. The van der Waals surface area contributed by atoms with E-state index in [1.807, 2.05) is 0 Å². The average Bonchev–Trinajstić information content (AvgIpc) is 2.43. The normalized spacial score (nSPS) is 12.3. The van der Waals surface area contributed by atoms with E-state index < -0.39 is 23.7 Å². The molecule has 0 fully saturated rings. The molecule has 0 saturated carbocycles. The molecule has 0 bridgehead atoms. The zero-order chi connectivity index (χ0) is 17.5. The van der Waals surface area contributed by atoms with Crippen molar-refractivity contribution < 1.29 is 28.9 Å². The van der Waals surface area contributed by atoms with Gasteiger partial charge in [0.05, 0.1) is 0 Å². The van der Waals surface area contributed by atoms with Gasteiger partial charge in [0.15, 0.2) is 6.79 Å². The summed E-state index contributed by atoms with van der Waals surface area (Å²) in [5.41, 5.74) is 0.0613. The van der Waals surface area contributed by atoms with Gasteiger partial charge in [0.1, 0.15) is 17.4 Å². The molecule has 1 amide bonds. The fraction of sp³-hybridized carbons (Fsp3) is 0.500. The molecule has 0 aromatic heterocycles. The lowest BCUT2D eigenvalue weighted by molar-refractivity contribution is -0.139. The van der Waals surface area contributed by atoms with Gasteiger partial charge in [-0.15, -0.1) is 0 Å². The quantitative estimate of drug-likeness (QED) is 0.746. The largest absolute Gasteiger partial charge is 0.480 e. The summed E-state index contributed by atoms with van der Waals surface area (Å²) in [6.07, 6.45) is -0.621. The fourth-order valence-electron chi connectivity index (χ4n) is 1.73. The zero-order valence-corrected chi connectivity index (χ0v) is 13.8. The van der Waals surface area contributed by atoms with E-state index >= 15 is 0 Å². The van der Waals surface area contributed by atoms with Gasteiger partial charge in [0.2, 0.25) is 0 Å². The van der Waals surface area contributed by atoms with Crippen LogP contribution >= 0.6 is 0 Å². The molecular formula is C16H23NO6. The summed E-state index contributed by atoms with van der Waals surface area (Å²) in [5.74, 6) is -0.516. The summed E-state index contributed by atoms with van der Waals surface area (Å²) in [5, 5.41) is 11.6. The van der Waals surface area contributed by atoms with Crippen molar-refractivity contribution in [1.82, 2.24) is 5.32 Å². The molecule has 1 aromatic rings. The third-order valence-electron chi connectivity index (χ3n) is 2.70. The monoisotopic (exact) mass is 325 g/mol. The van der Waals surface area contributed by atoms with Gasteiger partial charge in [-0.05, 0) is 38.5 Å². The van der Waals surface area contributed by atoms with E-state index in [1.54, 1.807) is 45.0 Å². The predicted molar refractivity (Wildman–Crippen MR) is 83.4 cm³/mol. The van der Waals surface area contributed by atoms with Gasteiger partial charge in [-0.3, -0.25) is 0 Å². The van der Waals surface area contributed by atoms with Crippen LogP contribution in [0.2, 0.25) is 0 Å². The van der Waals surface area contributed by atoms with E-state index in [4.69, 9.17) is 14.2 Å². The Balaban J connectivity index is 2.65. The number of aliphatic carboxylic acids is 1. The lowest BCUT2D eigenvalue weighted by Crippen LogP contribution is -2.44. The van der Waals surface area contributed by atoms with Gasteiger partial charge < -0.3 is 24.6 Å². The first-order chi connectivity index (χ1) is 10.7. The van der Waals surface area contributed by atoms with Crippen LogP contribution in [-0.4, -0.2) is 42.7 Å². The van der Waals surface area contributed by atoms with Crippen molar-refractivity contribution >= 4 is 12.1 Å². The third kappa shape index (κ3) is 7.51. The molecule has 0 spiro atoms. The number of ether oxygens (including phenoxy) is 3. The van der Waals surface area contributed by atoms with Crippen LogP contribution in [0, 0.1) is 0 Å². The Morgan fingerprint density at radius 3 is 2.30 bits per heavy atom. The molecule has 2 N–H and O–H groups in total. The summed E-state index contributed by atoms with van der Waals surface area (Å²) in [7, 11) is 1.52. The van der Waals surface area contributed by atoms with Crippen molar-refractivity contribution in [2.24, 2.45) is 0 Å². The van der Waals surface area contributed by atoms with E-state index in [9.17, 15) is 14.7 Å². The predicted octanol–water partition coefficient (Wildman–Crippen LogP) is 2.19. The molecule has 0 unspecified atom stereocenters. The number of nitrogens with one attached hydrogen (secondary N) is 1. The fourth-order valence-corrected chi connectivity index (χ4v) is 1.73. The van der Waals surface area contributed by atoms with Gasteiger partial charge in [-0.2, -0.15) is 0 Å². The molecule has 0 heterocycles. The Morgan fingerprint density at radius 1 is 1.22 bits per heavy atom. The number of benzene rings is 1. The first-order valence-electron chi connectivity index (χ1n) is 7.14. The van der Waals surface area contributed by atoms with Crippen LogP contribution in [0.3, 0.4) is 0 Å². The highest BCUT2D eigenvalue weighted by Gasteiger charge is 2.24. The lowest BCUT2D eigenvalue weighted by atomic mass is 10.1. The van der Waals surface area contributed by atoms with Crippen LogP contribution in [0.1, 0.15) is 26.3 Å². The minimum absolute atomic E-state index is 0.136. The molecule has 7 heteroatoms. The SMILES string of the molecule is COCOc1ccc(C[C@H](NC(=O)OC(C)(C)C)C(=O)O)cc1. The number of carbonyl (C=O) groups is 2. The maximum absolute atomic E-state index is 11.7. The Morgan fingerprint density at radius 2 is 1.83 bits per heavy atom. The highest BCUT2D eigenvalue weighted by molar-refractivity contribution is 5.80. The molecule has 0 saturated heterocycles. The number of carboxylic acids is 1. The van der Waals surface area contributed by atoms with Crippen molar-refractivity contribution in [2.75, 3.05) is 13.9 Å². The lowest BCUT2D eigenvalue weighted by Gasteiger charge is -2.22.